The van der Waals surface area contributed by atoms with Crippen LogP contribution in [0.15, 0.2) is 5.11 Å². The topological polar surface area (TPSA) is 140 Å². The van der Waals surface area contributed by atoms with Gasteiger partial charge in [0.15, 0.2) is 0 Å². The van der Waals surface area contributed by atoms with E-state index in [4.69, 9.17) is 19.7 Å². The van der Waals surface area contributed by atoms with Gasteiger partial charge in [-0.3, -0.25) is 4.79 Å². The molecule has 1 fully saturated rings. The molecule has 0 saturated heterocycles. The number of hydrogen-bond acceptors (Lipinski definition) is 7. The largest absolute Gasteiger partial charge is 0.466 e. The predicted molar refractivity (Wildman–Crippen MR) is 90.9 cm³/mol. The Morgan fingerprint density at radius 2 is 1.81 bits per heavy atom. The summed E-state index contributed by atoms with van der Waals surface area (Å²) in [5.74, 6) is -2.86. The van der Waals surface area contributed by atoms with Crippen molar-refractivity contribution in [1.29, 1.82) is 0 Å². The summed E-state index contributed by atoms with van der Waals surface area (Å²) >= 11 is 0. The van der Waals surface area contributed by atoms with Gasteiger partial charge in [0.25, 0.3) is 0 Å². The number of carbonyl (C=O) groups is 3. The maximum Gasteiger partial charge on any atom is 0.408 e. The number of amides is 1. The quantitative estimate of drug-likeness (QED) is 0.228. The molecule has 0 aliphatic heterocycles. The van der Waals surface area contributed by atoms with E-state index in [0.717, 1.165) is 0 Å². The lowest BCUT2D eigenvalue weighted by Gasteiger charge is -2.23. The lowest BCUT2D eigenvalue weighted by molar-refractivity contribution is -0.147. The van der Waals surface area contributed by atoms with Crippen LogP contribution in [-0.2, 0) is 23.8 Å². The Balaban J connectivity index is 2.99. The number of esters is 2. The number of alkyl carbamates (subject to hydrolysis) is 1. The van der Waals surface area contributed by atoms with Gasteiger partial charge in [-0.05, 0) is 46.1 Å². The van der Waals surface area contributed by atoms with E-state index >= 15 is 0 Å². The zero-order valence-electron chi connectivity index (χ0n) is 15.7. The molecule has 4 unspecified atom stereocenters. The first-order valence-electron chi connectivity index (χ1n) is 8.49. The van der Waals surface area contributed by atoms with Crippen LogP contribution in [0.2, 0.25) is 0 Å². The monoisotopic (exact) mass is 370 g/mol. The van der Waals surface area contributed by atoms with Crippen LogP contribution < -0.4 is 5.32 Å². The Kier molecular flexibility index (Phi) is 7.70. The summed E-state index contributed by atoms with van der Waals surface area (Å²) in [4.78, 5) is 39.2. The van der Waals surface area contributed by atoms with Gasteiger partial charge in [-0.2, -0.15) is 0 Å². The molecule has 0 aromatic carbocycles. The van der Waals surface area contributed by atoms with E-state index in [1.54, 1.807) is 34.6 Å². The highest BCUT2D eigenvalue weighted by Crippen LogP contribution is 2.50. The second-order valence-corrected chi connectivity index (χ2v) is 6.81. The van der Waals surface area contributed by atoms with Crippen molar-refractivity contribution in [3.63, 3.8) is 0 Å². The summed E-state index contributed by atoms with van der Waals surface area (Å²) in [7, 11) is 0. The number of nitrogens with zero attached hydrogens (tertiary/aromatic N) is 3. The predicted octanol–water partition coefficient (Wildman–Crippen LogP) is 2.18. The van der Waals surface area contributed by atoms with Gasteiger partial charge in [0.05, 0.1) is 19.1 Å². The van der Waals surface area contributed by atoms with Crippen LogP contribution in [0.3, 0.4) is 0 Å². The second kappa shape index (κ2) is 9.28. The molecule has 0 spiro atoms. The van der Waals surface area contributed by atoms with E-state index in [1.807, 2.05) is 0 Å². The standard InChI is InChI=1S/C16H26N4O6/c1-6-24-13(21)11-9(8-18-20-17)10(11)12(14(22)25-7-2)19-15(23)26-16(3,4)5/h9-12H,6-8H2,1-5H3,(H,19,23). The fraction of sp³-hybridized carbons (Fsp3) is 0.812. The van der Waals surface area contributed by atoms with E-state index < -0.39 is 47.4 Å². The third kappa shape index (κ3) is 6.11. The maximum absolute atomic E-state index is 12.3. The molecule has 10 heteroatoms. The first-order valence-corrected chi connectivity index (χ1v) is 8.49. The molecule has 1 N–H and O–H groups in total. The molecule has 0 radical (unpaired) electrons. The van der Waals surface area contributed by atoms with Gasteiger partial charge in [0.2, 0.25) is 0 Å². The van der Waals surface area contributed by atoms with Gasteiger partial charge >= 0.3 is 18.0 Å². The first kappa shape index (κ1) is 21.6. The van der Waals surface area contributed by atoms with Gasteiger partial charge in [-0.25, -0.2) is 9.59 Å². The Hall–Kier alpha value is -2.48. The van der Waals surface area contributed by atoms with E-state index in [9.17, 15) is 14.4 Å². The molecule has 4 atom stereocenters. The molecule has 0 aromatic rings. The Morgan fingerprint density at radius 1 is 1.19 bits per heavy atom. The normalized spacial score (nSPS) is 22.4. The number of ether oxygens (including phenoxy) is 3. The lowest BCUT2D eigenvalue weighted by Crippen LogP contribution is -2.46. The fourth-order valence-corrected chi connectivity index (χ4v) is 2.77. The molecular formula is C16H26N4O6. The van der Waals surface area contributed by atoms with Crippen molar-refractivity contribution in [3.05, 3.63) is 10.4 Å². The lowest BCUT2D eigenvalue weighted by atomic mass is 10.1. The third-order valence-electron chi connectivity index (χ3n) is 3.74. The average molecular weight is 370 g/mol. The molecule has 0 bridgehead atoms. The van der Waals surface area contributed by atoms with Crippen LogP contribution in [0.1, 0.15) is 34.6 Å². The Morgan fingerprint density at radius 3 is 2.31 bits per heavy atom. The summed E-state index contributed by atoms with van der Waals surface area (Å²) in [6.45, 7) is 8.67. The molecule has 1 amide bonds. The highest BCUT2D eigenvalue weighted by atomic mass is 16.6. The van der Waals surface area contributed by atoms with Gasteiger partial charge in [-0.15, -0.1) is 0 Å². The van der Waals surface area contributed by atoms with Crippen molar-refractivity contribution in [1.82, 2.24) is 5.32 Å². The molecule has 1 saturated carbocycles. The minimum absolute atomic E-state index is 0.0105. The van der Waals surface area contributed by atoms with Crippen molar-refractivity contribution in [2.75, 3.05) is 19.8 Å². The van der Waals surface area contributed by atoms with Crippen molar-refractivity contribution in [2.24, 2.45) is 22.9 Å². The summed E-state index contributed by atoms with van der Waals surface area (Å²) in [6, 6.07) is -1.10. The number of nitrogens with one attached hydrogen (secondary N) is 1. The Labute approximate surface area is 152 Å². The van der Waals surface area contributed by atoms with E-state index in [2.05, 4.69) is 15.3 Å². The number of hydrogen-bond donors (Lipinski definition) is 1. The van der Waals surface area contributed by atoms with Crippen LogP contribution in [0.4, 0.5) is 4.79 Å². The number of rotatable bonds is 8. The van der Waals surface area contributed by atoms with Gasteiger partial charge in [0.1, 0.15) is 11.6 Å². The van der Waals surface area contributed by atoms with Gasteiger partial charge < -0.3 is 19.5 Å². The molecule has 0 heterocycles. The molecule has 1 aliphatic carbocycles. The number of azide groups is 1. The highest BCUT2D eigenvalue weighted by Gasteiger charge is 2.61. The van der Waals surface area contributed by atoms with Crippen molar-refractivity contribution < 1.29 is 28.6 Å². The SMILES string of the molecule is CCOC(=O)C(NC(=O)OC(C)(C)C)C1C(CN=[N+]=[N-])C1C(=O)OCC. The van der Waals surface area contributed by atoms with Crippen LogP contribution in [0.25, 0.3) is 10.4 Å². The summed E-state index contributed by atoms with van der Waals surface area (Å²) in [5.41, 5.74) is 7.77. The minimum atomic E-state index is -1.10. The minimum Gasteiger partial charge on any atom is -0.466 e. The van der Waals surface area contributed by atoms with Gasteiger partial charge in [-0.1, -0.05) is 5.11 Å². The van der Waals surface area contributed by atoms with Crippen LogP contribution >= 0.6 is 0 Å². The highest BCUT2D eigenvalue weighted by molar-refractivity contribution is 5.85. The van der Waals surface area contributed by atoms with Crippen LogP contribution in [0.5, 0.6) is 0 Å². The number of carbonyl (C=O) groups excluding carboxylic acids is 3. The molecule has 1 aliphatic rings. The molecule has 10 nitrogen and oxygen atoms in total. The van der Waals surface area contributed by atoms with E-state index in [0.29, 0.717) is 0 Å². The van der Waals surface area contributed by atoms with Gasteiger partial charge in [0, 0.05) is 17.4 Å². The van der Waals surface area contributed by atoms with E-state index in [1.165, 1.54) is 0 Å². The fourth-order valence-electron chi connectivity index (χ4n) is 2.77. The molecular weight excluding hydrogens is 344 g/mol. The van der Waals surface area contributed by atoms with Crippen molar-refractivity contribution >= 4 is 18.0 Å². The maximum atomic E-state index is 12.3. The molecule has 146 valence electrons. The average Bonchev–Trinajstić information content (AvgIpc) is 3.23. The second-order valence-electron chi connectivity index (χ2n) is 6.81. The Bertz CT molecular complexity index is 582. The summed E-state index contributed by atoms with van der Waals surface area (Å²) < 4.78 is 15.2. The van der Waals surface area contributed by atoms with E-state index in [-0.39, 0.29) is 19.8 Å². The van der Waals surface area contributed by atoms with Crippen LogP contribution in [-0.4, -0.2) is 49.4 Å². The third-order valence-corrected chi connectivity index (χ3v) is 3.74. The molecule has 0 aromatic heterocycles. The molecule has 1 rings (SSSR count). The smallest absolute Gasteiger partial charge is 0.408 e. The summed E-state index contributed by atoms with van der Waals surface area (Å²) in [5, 5.41) is 5.96. The van der Waals surface area contributed by atoms with Crippen LogP contribution in [0, 0.1) is 17.8 Å². The summed E-state index contributed by atoms with van der Waals surface area (Å²) in [6.07, 6.45) is -0.799. The first-order chi connectivity index (χ1) is 12.2. The molecule has 26 heavy (non-hydrogen) atoms. The zero-order valence-corrected chi connectivity index (χ0v) is 15.7. The van der Waals surface area contributed by atoms with Crippen molar-refractivity contribution in [3.8, 4) is 0 Å². The van der Waals surface area contributed by atoms with Crippen molar-refractivity contribution in [2.45, 2.75) is 46.3 Å². The zero-order chi connectivity index (χ0) is 19.9.